The van der Waals surface area contributed by atoms with Gasteiger partial charge in [-0.15, -0.1) is 0 Å². The molecule has 0 spiro atoms. The fraction of sp³-hybridized carbons (Fsp3) is 0.200. The normalized spacial score (nSPS) is 12.1. The van der Waals surface area contributed by atoms with Crippen molar-refractivity contribution in [2.45, 2.75) is 20.8 Å². The third kappa shape index (κ3) is 3.26. The van der Waals surface area contributed by atoms with E-state index in [9.17, 15) is 0 Å². The quantitative estimate of drug-likeness (QED) is 0.717. The van der Waals surface area contributed by atoms with E-state index in [1.807, 2.05) is 43.3 Å². The van der Waals surface area contributed by atoms with Crippen molar-refractivity contribution < 1.29 is 9.47 Å². The topological polar surface area (TPSA) is 68.3 Å². The molecule has 3 aromatic rings. The third-order valence-electron chi connectivity index (χ3n) is 4.35. The van der Waals surface area contributed by atoms with Crippen LogP contribution >= 0.6 is 0 Å². The van der Waals surface area contributed by atoms with Gasteiger partial charge in [0.25, 0.3) is 0 Å². The second-order valence-corrected chi connectivity index (χ2v) is 6.25. The number of anilines is 4. The molecule has 0 atom stereocenters. The molecule has 0 unspecified atom stereocenters. The van der Waals surface area contributed by atoms with Gasteiger partial charge in [0.1, 0.15) is 17.5 Å². The van der Waals surface area contributed by atoms with Gasteiger partial charge < -0.3 is 20.1 Å². The van der Waals surface area contributed by atoms with Crippen molar-refractivity contribution in [3.05, 3.63) is 59.4 Å². The van der Waals surface area contributed by atoms with Crippen LogP contribution in [0.25, 0.3) is 0 Å². The van der Waals surface area contributed by atoms with Crippen LogP contribution in [-0.4, -0.2) is 16.8 Å². The highest BCUT2D eigenvalue weighted by Crippen LogP contribution is 2.35. The van der Waals surface area contributed by atoms with Crippen LogP contribution in [0.4, 0.5) is 23.0 Å². The lowest BCUT2D eigenvalue weighted by Crippen LogP contribution is -2.02. The fourth-order valence-electron chi connectivity index (χ4n) is 2.84. The molecule has 2 heterocycles. The van der Waals surface area contributed by atoms with E-state index < -0.39 is 0 Å². The molecule has 132 valence electrons. The molecule has 0 amide bonds. The molecule has 0 radical (unpaired) electrons. The summed E-state index contributed by atoms with van der Waals surface area (Å²) in [5.41, 5.74) is 4.36. The van der Waals surface area contributed by atoms with Gasteiger partial charge in [0.05, 0.1) is 0 Å². The van der Waals surface area contributed by atoms with Crippen LogP contribution in [0.15, 0.2) is 42.5 Å². The van der Waals surface area contributed by atoms with Crippen LogP contribution in [-0.2, 0) is 0 Å². The number of benzene rings is 2. The van der Waals surface area contributed by atoms with E-state index in [0.29, 0.717) is 11.6 Å². The third-order valence-corrected chi connectivity index (χ3v) is 4.35. The molecular formula is C20H20N4O2. The average Bonchev–Trinajstić information content (AvgIpc) is 3.06. The monoisotopic (exact) mass is 348 g/mol. The number of fused-ring (bicyclic) bond motifs is 1. The molecule has 0 fully saturated rings. The Morgan fingerprint density at radius 3 is 2.46 bits per heavy atom. The van der Waals surface area contributed by atoms with Gasteiger partial charge in [-0.3, -0.25) is 0 Å². The molecule has 1 aliphatic rings. The standard InChI is InChI=1S/C20H20N4O2/c1-12-5-4-6-16(13(12)2)24-20-10-19(21-14(3)22-20)23-15-7-8-17-18(9-15)26-11-25-17/h4-10H,11H2,1-3H3,(H2,21,22,23,24). The fourth-order valence-corrected chi connectivity index (χ4v) is 2.84. The Morgan fingerprint density at radius 1 is 0.846 bits per heavy atom. The second-order valence-electron chi connectivity index (χ2n) is 6.25. The Balaban J connectivity index is 1.59. The minimum absolute atomic E-state index is 0.259. The van der Waals surface area contributed by atoms with Crippen LogP contribution in [0.1, 0.15) is 17.0 Å². The molecule has 0 bridgehead atoms. The Hall–Kier alpha value is -3.28. The van der Waals surface area contributed by atoms with Crippen molar-refractivity contribution >= 4 is 23.0 Å². The van der Waals surface area contributed by atoms with Crippen molar-refractivity contribution in [1.29, 1.82) is 0 Å². The van der Waals surface area contributed by atoms with Crippen molar-refractivity contribution in [3.63, 3.8) is 0 Å². The van der Waals surface area contributed by atoms with E-state index >= 15 is 0 Å². The lowest BCUT2D eigenvalue weighted by Gasteiger charge is -2.13. The molecular weight excluding hydrogens is 328 g/mol. The highest BCUT2D eigenvalue weighted by atomic mass is 16.7. The lowest BCUT2D eigenvalue weighted by atomic mass is 10.1. The first-order valence-corrected chi connectivity index (χ1v) is 8.44. The minimum Gasteiger partial charge on any atom is -0.454 e. The van der Waals surface area contributed by atoms with Gasteiger partial charge in [-0.2, -0.15) is 0 Å². The van der Waals surface area contributed by atoms with Gasteiger partial charge in [-0.1, -0.05) is 12.1 Å². The smallest absolute Gasteiger partial charge is 0.231 e. The van der Waals surface area contributed by atoms with Crippen molar-refractivity contribution in [2.24, 2.45) is 0 Å². The number of ether oxygens (including phenoxy) is 2. The van der Waals surface area contributed by atoms with Crippen LogP contribution in [0, 0.1) is 20.8 Å². The number of hydrogen-bond donors (Lipinski definition) is 2. The summed E-state index contributed by atoms with van der Waals surface area (Å²) >= 11 is 0. The van der Waals surface area contributed by atoms with Crippen LogP contribution in [0.3, 0.4) is 0 Å². The maximum absolute atomic E-state index is 5.42. The largest absolute Gasteiger partial charge is 0.454 e. The maximum Gasteiger partial charge on any atom is 0.231 e. The van der Waals surface area contributed by atoms with E-state index in [4.69, 9.17) is 9.47 Å². The molecule has 0 saturated carbocycles. The number of nitrogens with one attached hydrogen (secondary N) is 2. The number of aromatic nitrogens is 2. The highest BCUT2D eigenvalue weighted by Gasteiger charge is 2.13. The maximum atomic E-state index is 5.42. The highest BCUT2D eigenvalue weighted by molar-refractivity contribution is 5.67. The van der Waals surface area contributed by atoms with Gasteiger partial charge in [0, 0.05) is 23.5 Å². The first-order chi connectivity index (χ1) is 12.6. The first kappa shape index (κ1) is 16.2. The molecule has 0 aliphatic carbocycles. The summed E-state index contributed by atoms with van der Waals surface area (Å²) in [7, 11) is 0. The Kier molecular flexibility index (Phi) is 4.08. The number of nitrogens with zero attached hydrogens (tertiary/aromatic N) is 2. The summed E-state index contributed by atoms with van der Waals surface area (Å²) in [4.78, 5) is 8.96. The Labute approximate surface area is 152 Å². The first-order valence-electron chi connectivity index (χ1n) is 8.44. The number of rotatable bonds is 4. The number of hydrogen-bond acceptors (Lipinski definition) is 6. The van der Waals surface area contributed by atoms with Gasteiger partial charge in [-0.05, 0) is 50.1 Å². The summed E-state index contributed by atoms with van der Waals surface area (Å²) in [5.74, 6) is 3.63. The predicted molar refractivity (Wildman–Crippen MR) is 102 cm³/mol. The Morgan fingerprint density at radius 2 is 1.62 bits per heavy atom. The van der Waals surface area contributed by atoms with E-state index in [-0.39, 0.29) is 6.79 Å². The second kappa shape index (κ2) is 6.55. The van der Waals surface area contributed by atoms with Crippen LogP contribution in [0.2, 0.25) is 0 Å². The summed E-state index contributed by atoms with van der Waals surface area (Å²) in [5, 5.41) is 6.69. The summed E-state index contributed by atoms with van der Waals surface area (Å²) in [6, 6.07) is 13.8. The summed E-state index contributed by atoms with van der Waals surface area (Å²) in [6.07, 6.45) is 0. The minimum atomic E-state index is 0.259. The van der Waals surface area contributed by atoms with Gasteiger partial charge in [0.2, 0.25) is 6.79 Å². The molecule has 6 nitrogen and oxygen atoms in total. The molecule has 4 rings (SSSR count). The Bertz CT molecular complexity index is 972. The molecule has 6 heteroatoms. The van der Waals surface area contributed by atoms with E-state index in [0.717, 1.165) is 28.7 Å². The van der Waals surface area contributed by atoms with Gasteiger partial charge in [-0.25, -0.2) is 9.97 Å². The molecule has 1 aromatic heterocycles. The zero-order valence-corrected chi connectivity index (χ0v) is 15.0. The van der Waals surface area contributed by atoms with Crippen LogP contribution in [0.5, 0.6) is 11.5 Å². The van der Waals surface area contributed by atoms with Crippen molar-refractivity contribution in [3.8, 4) is 11.5 Å². The number of aryl methyl sites for hydroxylation is 2. The SMILES string of the molecule is Cc1nc(Nc2ccc3c(c2)OCO3)cc(Nc2cccc(C)c2C)n1. The van der Waals surface area contributed by atoms with Crippen molar-refractivity contribution in [1.82, 2.24) is 9.97 Å². The summed E-state index contributed by atoms with van der Waals surface area (Å²) in [6.45, 7) is 6.32. The molecule has 1 aliphatic heterocycles. The van der Waals surface area contributed by atoms with Crippen molar-refractivity contribution in [2.75, 3.05) is 17.4 Å². The van der Waals surface area contributed by atoms with Gasteiger partial charge in [0.15, 0.2) is 11.5 Å². The van der Waals surface area contributed by atoms with E-state index in [2.05, 4.69) is 40.5 Å². The average molecular weight is 348 g/mol. The molecule has 2 aromatic carbocycles. The van der Waals surface area contributed by atoms with E-state index in [1.165, 1.54) is 11.1 Å². The zero-order chi connectivity index (χ0) is 18.1. The molecule has 0 saturated heterocycles. The van der Waals surface area contributed by atoms with Crippen LogP contribution < -0.4 is 20.1 Å². The molecule has 26 heavy (non-hydrogen) atoms. The molecule has 2 N–H and O–H groups in total. The zero-order valence-electron chi connectivity index (χ0n) is 15.0. The summed E-state index contributed by atoms with van der Waals surface area (Å²) < 4.78 is 10.8. The lowest BCUT2D eigenvalue weighted by molar-refractivity contribution is 0.174. The predicted octanol–water partition coefficient (Wildman–Crippen LogP) is 4.62. The van der Waals surface area contributed by atoms with E-state index in [1.54, 1.807) is 0 Å². The van der Waals surface area contributed by atoms with Gasteiger partial charge >= 0.3 is 0 Å².